The van der Waals surface area contributed by atoms with Crippen molar-refractivity contribution in [3.8, 4) is 0 Å². The second-order valence-electron chi connectivity index (χ2n) is 10.7. The monoisotopic (exact) mass is 528 g/mol. The molecule has 204 valence electrons. The lowest BCUT2D eigenvalue weighted by Crippen LogP contribution is -2.49. The summed E-state index contributed by atoms with van der Waals surface area (Å²) in [5.74, 6) is -0.498. The van der Waals surface area contributed by atoms with Gasteiger partial charge < -0.3 is 25.8 Å². The van der Waals surface area contributed by atoms with Crippen LogP contribution in [0.2, 0.25) is 0 Å². The predicted octanol–water partition coefficient (Wildman–Crippen LogP) is 6.50. The van der Waals surface area contributed by atoms with Crippen molar-refractivity contribution in [1.82, 2.24) is 10.3 Å². The average Bonchev–Trinajstić information content (AvgIpc) is 2.90. The number of ether oxygens (including phenoxy) is 1. The highest BCUT2D eigenvalue weighted by Crippen LogP contribution is 2.34. The molecule has 0 aliphatic rings. The van der Waals surface area contributed by atoms with Gasteiger partial charge in [0.15, 0.2) is 0 Å². The quantitative estimate of drug-likeness (QED) is 0.194. The number of amides is 2. The van der Waals surface area contributed by atoms with Crippen molar-refractivity contribution in [3.63, 3.8) is 0 Å². The van der Waals surface area contributed by atoms with E-state index < -0.39 is 17.7 Å². The molecular formula is C31H36N4O4. The van der Waals surface area contributed by atoms with Gasteiger partial charge in [0, 0.05) is 22.1 Å². The lowest BCUT2D eigenvalue weighted by atomic mass is 9.98. The first kappa shape index (κ1) is 27.9. The highest BCUT2D eigenvalue weighted by molar-refractivity contribution is 6.08. The van der Waals surface area contributed by atoms with Gasteiger partial charge in [-0.15, -0.1) is 0 Å². The van der Waals surface area contributed by atoms with Crippen LogP contribution in [0.5, 0.6) is 0 Å². The van der Waals surface area contributed by atoms with Gasteiger partial charge in [0.05, 0.1) is 23.3 Å². The van der Waals surface area contributed by atoms with Crippen LogP contribution in [0.25, 0.3) is 21.8 Å². The first-order valence-corrected chi connectivity index (χ1v) is 13.2. The molecule has 3 aromatic carbocycles. The Hall–Kier alpha value is -4.17. The number of aromatic nitrogens is 1. The summed E-state index contributed by atoms with van der Waals surface area (Å²) in [6, 6.07) is 20.3. The Kier molecular flexibility index (Phi) is 8.35. The van der Waals surface area contributed by atoms with Crippen LogP contribution in [0.3, 0.4) is 0 Å². The minimum Gasteiger partial charge on any atom is -0.444 e. The third kappa shape index (κ3) is 6.83. The minimum absolute atomic E-state index is 0.134. The molecule has 2 atom stereocenters. The Labute approximate surface area is 228 Å². The molecule has 1 heterocycles. The zero-order valence-electron chi connectivity index (χ0n) is 23.0. The molecule has 0 radical (unpaired) electrons. The van der Waals surface area contributed by atoms with E-state index in [4.69, 9.17) is 9.72 Å². The first-order valence-electron chi connectivity index (χ1n) is 13.2. The van der Waals surface area contributed by atoms with Crippen LogP contribution in [0.1, 0.15) is 46.6 Å². The lowest BCUT2D eigenvalue weighted by molar-refractivity contribution is -0.119. The topological polar surface area (TPSA) is 113 Å². The molecule has 0 saturated carbocycles. The molecule has 1 aromatic heterocycles. The summed E-state index contributed by atoms with van der Waals surface area (Å²) < 4.78 is 5.38. The van der Waals surface area contributed by atoms with Crippen molar-refractivity contribution in [2.75, 3.05) is 10.6 Å². The fraction of sp³-hybridized carbons (Fsp3) is 0.323. The molecule has 0 spiro atoms. The summed E-state index contributed by atoms with van der Waals surface area (Å²) in [6.45, 7) is 8.97. The van der Waals surface area contributed by atoms with Crippen molar-refractivity contribution >= 4 is 50.9 Å². The van der Waals surface area contributed by atoms with Gasteiger partial charge in [-0.2, -0.15) is 0 Å². The first-order chi connectivity index (χ1) is 18.6. The number of carbonyl (C=O) groups is 2. The highest BCUT2D eigenvalue weighted by atomic mass is 16.6. The molecule has 39 heavy (non-hydrogen) atoms. The van der Waals surface area contributed by atoms with Crippen LogP contribution >= 0.6 is 0 Å². The summed E-state index contributed by atoms with van der Waals surface area (Å²) in [6.07, 6.45) is 0.0328. The van der Waals surface area contributed by atoms with Gasteiger partial charge in [0.2, 0.25) is 5.91 Å². The number of rotatable bonds is 8. The second kappa shape index (κ2) is 11.7. The van der Waals surface area contributed by atoms with Crippen molar-refractivity contribution in [3.05, 3.63) is 72.3 Å². The molecular weight excluding hydrogens is 492 g/mol. The van der Waals surface area contributed by atoms with Gasteiger partial charge in [-0.25, -0.2) is 9.78 Å². The van der Waals surface area contributed by atoms with Gasteiger partial charge in [0.1, 0.15) is 11.6 Å². The maximum absolute atomic E-state index is 13.4. The molecule has 4 N–H and O–H groups in total. The van der Waals surface area contributed by atoms with Crippen molar-refractivity contribution in [2.24, 2.45) is 5.92 Å². The maximum Gasteiger partial charge on any atom is 0.408 e. The molecule has 2 unspecified atom stereocenters. The highest BCUT2D eigenvalue weighted by Gasteiger charge is 2.28. The molecule has 8 heteroatoms. The standard InChI is InChI=1S/C31H36N4O4/c1-6-19(2)27(35-30(38)39-31(3,4)5)29(37)33-22-16-20(18-36)15-21(17-22)32-28-23-11-7-9-13-25(23)34-26-14-10-8-12-24(26)28/h7-17,19,27,36H,6,18H2,1-5H3,(H,32,34)(H,33,37)(H,35,38). The van der Waals surface area contributed by atoms with E-state index in [1.165, 1.54) is 0 Å². The van der Waals surface area contributed by atoms with Gasteiger partial charge >= 0.3 is 6.09 Å². The Morgan fingerprint density at radius 3 is 2.10 bits per heavy atom. The number of aliphatic hydroxyl groups excluding tert-OH is 1. The molecule has 0 aliphatic heterocycles. The number of nitrogens with one attached hydrogen (secondary N) is 3. The molecule has 4 rings (SSSR count). The van der Waals surface area contributed by atoms with E-state index >= 15 is 0 Å². The van der Waals surface area contributed by atoms with Gasteiger partial charge in [-0.05, 0) is 62.6 Å². The fourth-order valence-corrected chi connectivity index (χ4v) is 4.40. The van der Waals surface area contributed by atoms with E-state index in [2.05, 4.69) is 16.0 Å². The summed E-state index contributed by atoms with van der Waals surface area (Å²) >= 11 is 0. The van der Waals surface area contributed by atoms with E-state index in [-0.39, 0.29) is 18.4 Å². The number of hydrogen-bond donors (Lipinski definition) is 4. The number of aliphatic hydroxyl groups is 1. The van der Waals surface area contributed by atoms with E-state index in [0.717, 1.165) is 27.5 Å². The van der Waals surface area contributed by atoms with Crippen LogP contribution in [-0.4, -0.2) is 33.7 Å². The summed E-state index contributed by atoms with van der Waals surface area (Å²) in [4.78, 5) is 30.6. The molecule has 0 bridgehead atoms. The molecule has 0 aliphatic carbocycles. The molecule has 0 fully saturated rings. The number of pyridine rings is 1. The third-order valence-electron chi connectivity index (χ3n) is 6.47. The maximum atomic E-state index is 13.4. The number of anilines is 3. The largest absolute Gasteiger partial charge is 0.444 e. The number of hydrogen-bond acceptors (Lipinski definition) is 6. The number of fused-ring (bicyclic) bond motifs is 2. The summed E-state index contributed by atoms with van der Waals surface area (Å²) in [5, 5.41) is 21.0. The van der Waals surface area contributed by atoms with Crippen LogP contribution in [0.15, 0.2) is 66.7 Å². The summed E-state index contributed by atoms with van der Waals surface area (Å²) in [5.41, 5.74) is 3.73. The van der Waals surface area contributed by atoms with E-state index in [1.54, 1.807) is 26.8 Å². The van der Waals surface area contributed by atoms with E-state index in [0.29, 0.717) is 23.4 Å². The summed E-state index contributed by atoms with van der Waals surface area (Å²) in [7, 11) is 0. The van der Waals surface area contributed by atoms with Crippen molar-refractivity contribution in [1.29, 1.82) is 0 Å². The second-order valence-corrected chi connectivity index (χ2v) is 10.7. The number of para-hydroxylation sites is 2. The number of nitrogens with zero attached hydrogens (tertiary/aromatic N) is 1. The Bertz CT molecular complexity index is 1440. The molecule has 8 nitrogen and oxygen atoms in total. The van der Waals surface area contributed by atoms with Gasteiger partial charge in [-0.3, -0.25) is 4.79 Å². The van der Waals surface area contributed by atoms with Crippen LogP contribution in [0, 0.1) is 5.92 Å². The van der Waals surface area contributed by atoms with Gasteiger partial charge in [0.25, 0.3) is 0 Å². The van der Waals surface area contributed by atoms with Crippen LogP contribution in [0.4, 0.5) is 21.9 Å². The number of alkyl carbamates (subject to hydrolysis) is 1. The van der Waals surface area contributed by atoms with E-state index in [1.807, 2.05) is 74.5 Å². The zero-order chi connectivity index (χ0) is 28.2. The SMILES string of the molecule is CCC(C)C(NC(=O)OC(C)(C)C)C(=O)Nc1cc(CO)cc(Nc2c3ccccc3nc3ccccc23)c1. The van der Waals surface area contributed by atoms with E-state index in [9.17, 15) is 14.7 Å². The van der Waals surface area contributed by atoms with Crippen LogP contribution in [-0.2, 0) is 16.1 Å². The smallest absolute Gasteiger partial charge is 0.408 e. The normalized spacial score (nSPS) is 13.1. The molecule has 0 saturated heterocycles. The molecule has 4 aromatic rings. The minimum atomic E-state index is -0.799. The fourth-order valence-electron chi connectivity index (χ4n) is 4.40. The lowest BCUT2D eigenvalue weighted by Gasteiger charge is -2.26. The Morgan fingerprint density at radius 1 is 0.949 bits per heavy atom. The molecule has 2 amide bonds. The van der Waals surface area contributed by atoms with Gasteiger partial charge in [-0.1, -0.05) is 56.7 Å². The van der Waals surface area contributed by atoms with Crippen molar-refractivity contribution < 1.29 is 19.4 Å². The number of benzene rings is 3. The van der Waals surface area contributed by atoms with Crippen LogP contribution < -0.4 is 16.0 Å². The third-order valence-corrected chi connectivity index (χ3v) is 6.47. The number of carbonyl (C=O) groups excluding carboxylic acids is 2. The average molecular weight is 529 g/mol. The zero-order valence-corrected chi connectivity index (χ0v) is 23.0. The predicted molar refractivity (Wildman–Crippen MR) is 156 cm³/mol. The Morgan fingerprint density at radius 2 is 1.54 bits per heavy atom. The Balaban J connectivity index is 1.65. The van der Waals surface area contributed by atoms with Crippen molar-refractivity contribution in [2.45, 2.75) is 59.3 Å².